The van der Waals surface area contributed by atoms with E-state index in [0.717, 1.165) is 0 Å². The Morgan fingerprint density at radius 2 is 1.93 bits per heavy atom. The fourth-order valence-electron chi connectivity index (χ4n) is 1.34. The van der Waals surface area contributed by atoms with Gasteiger partial charge in [0.15, 0.2) is 5.78 Å². The van der Waals surface area contributed by atoms with Crippen LogP contribution in [0.5, 0.6) is 0 Å². The van der Waals surface area contributed by atoms with Gasteiger partial charge in [-0.05, 0) is 6.92 Å². The van der Waals surface area contributed by atoms with Crippen molar-refractivity contribution in [1.29, 1.82) is 0 Å². The Morgan fingerprint density at radius 3 is 2.40 bits per heavy atom. The first-order chi connectivity index (χ1) is 7.16. The predicted octanol–water partition coefficient (Wildman–Crippen LogP) is 2.10. The Balaban J connectivity index is 2.92. The number of rotatable bonds is 4. The molecule has 1 rings (SSSR count). The predicted molar refractivity (Wildman–Crippen MR) is 58.4 cm³/mol. The number of terminal acetylenes is 1. The summed E-state index contributed by atoms with van der Waals surface area (Å²) in [7, 11) is 0. The zero-order chi connectivity index (χ0) is 11.3. The highest BCUT2D eigenvalue weighted by atomic mass is 16.1. The second-order valence-corrected chi connectivity index (χ2v) is 3.30. The minimum absolute atomic E-state index is 0.170. The zero-order valence-electron chi connectivity index (χ0n) is 8.57. The van der Waals surface area contributed by atoms with E-state index in [-0.39, 0.29) is 18.0 Å². The molecule has 15 heavy (non-hydrogen) atoms. The van der Waals surface area contributed by atoms with Gasteiger partial charge in [-0.3, -0.25) is 9.59 Å². The van der Waals surface area contributed by atoms with Crippen LogP contribution < -0.4 is 0 Å². The summed E-state index contributed by atoms with van der Waals surface area (Å²) < 4.78 is 0. The average molecular weight is 200 g/mol. The monoisotopic (exact) mass is 200 g/mol. The maximum absolute atomic E-state index is 11.9. The molecule has 0 unspecified atom stereocenters. The molecule has 2 nitrogen and oxygen atoms in total. The van der Waals surface area contributed by atoms with Crippen molar-refractivity contribution in [2.24, 2.45) is 5.92 Å². The molecular weight excluding hydrogens is 188 g/mol. The quantitative estimate of drug-likeness (QED) is 0.423. The minimum Gasteiger partial charge on any atom is -0.299 e. The summed E-state index contributed by atoms with van der Waals surface area (Å²) in [6, 6.07) is 8.73. The van der Waals surface area contributed by atoms with Crippen molar-refractivity contribution in [2.45, 2.75) is 13.3 Å². The Kier molecular flexibility index (Phi) is 3.82. The lowest BCUT2D eigenvalue weighted by Crippen LogP contribution is -2.21. The van der Waals surface area contributed by atoms with Gasteiger partial charge in [0.2, 0.25) is 0 Å². The highest BCUT2D eigenvalue weighted by Crippen LogP contribution is 2.13. The molecule has 0 aliphatic carbocycles. The third kappa shape index (κ3) is 2.78. The van der Waals surface area contributed by atoms with Crippen LogP contribution in [-0.4, -0.2) is 11.6 Å². The minimum atomic E-state index is -0.697. The molecule has 0 saturated carbocycles. The van der Waals surface area contributed by atoms with Crippen molar-refractivity contribution in [3.05, 3.63) is 35.9 Å². The lowest BCUT2D eigenvalue weighted by atomic mass is 9.92. The van der Waals surface area contributed by atoms with Gasteiger partial charge in [-0.25, -0.2) is 0 Å². The third-order valence-electron chi connectivity index (χ3n) is 2.19. The fourth-order valence-corrected chi connectivity index (χ4v) is 1.34. The van der Waals surface area contributed by atoms with Crippen LogP contribution >= 0.6 is 0 Å². The molecule has 0 aromatic heterocycles. The SMILES string of the molecule is C#CC[C@H](C(C)=O)C(=O)c1ccccc1. The van der Waals surface area contributed by atoms with Gasteiger partial charge in [0.25, 0.3) is 0 Å². The second kappa shape index (κ2) is 5.11. The van der Waals surface area contributed by atoms with Gasteiger partial charge in [0.1, 0.15) is 5.78 Å². The standard InChI is InChI=1S/C13H12O2/c1-3-7-12(10(2)14)13(15)11-8-5-4-6-9-11/h1,4-6,8-9,12H,7H2,2H3/t12-/m1/s1. The van der Waals surface area contributed by atoms with Gasteiger partial charge in [-0.2, -0.15) is 0 Å². The highest BCUT2D eigenvalue weighted by Gasteiger charge is 2.23. The lowest BCUT2D eigenvalue weighted by Gasteiger charge is -2.08. The number of hydrogen-bond acceptors (Lipinski definition) is 2. The molecule has 0 spiro atoms. The summed E-state index contributed by atoms with van der Waals surface area (Å²) >= 11 is 0. The third-order valence-corrected chi connectivity index (χ3v) is 2.19. The summed E-state index contributed by atoms with van der Waals surface area (Å²) in [5.74, 6) is 1.29. The summed E-state index contributed by atoms with van der Waals surface area (Å²) in [6.45, 7) is 1.39. The largest absolute Gasteiger partial charge is 0.299 e. The van der Waals surface area contributed by atoms with Crippen LogP contribution in [-0.2, 0) is 4.79 Å². The summed E-state index contributed by atoms with van der Waals surface area (Å²) in [6.07, 6.45) is 5.30. The molecule has 0 aliphatic rings. The van der Waals surface area contributed by atoms with Crippen molar-refractivity contribution in [2.75, 3.05) is 0 Å². The molecule has 0 radical (unpaired) electrons. The van der Waals surface area contributed by atoms with E-state index in [1.54, 1.807) is 24.3 Å². The molecule has 0 fully saturated rings. The van der Waals surface area contributed by atoms with E-state index < -0.39 is 5.92 Å². The van der Waals surface area contributed by atoms with Gasteiger partial charge in [-0.1, -0.05) is 30.3 Å². The Labute approximate surface area is 89.3 Å². The first kappa shape index (κ1) is 11.2. The molecule has 0 bridgehead atoms. The molecule has 1 aromatic carbocycles. The first-order valence-corrected chi connectivity index (χ1v) is 4.70. The molecular formula is C13H12O2. The number of carbonyl (C=O) groups excluding carboxylic acids is 2. The molecule has 0 saturated heterocycles. The molecule has 2 heteroatoms. The number of carbonyl (C=O) groups is 2. The number of hydrogen-bond donors (Lipinski definition) is 0. The average Bonchev–Trinajstić information content (AvgIpc) is 2.26. The summed E-state index contributed by atoms with van der Waals surface area (Å²) in [5.41, 5.74) is 0.535. The van der Waals surface area contributed by atoms with E-state index in [1.165, 1.54) is 6.92 Å². The fraction of sp³-hybridized carbons (Fsp3) is 0.231. The van der Waals surface area contributed by atoms with E-state index in [1.807, 2.05) is 6.07 Å². The molecule has 1 atom stereocenters. The summed E-state index contributed by atoms with van der Waals surface area (Å²) in [4.78, 5) is 23.1. The van der Waals surface area contributed by atoms with E-state index in [4.69, 9.17) is 6.42 Å². The smallest absolute Gasteiger partial charge is 0.174 e. The molecule has 0 amide bonds. The van der Waals surface area contributed by atoms with Gasteiger partial charge >= 0.3 is 0 Å². The van der Waals surface area contributed by atoms with Crippen LogP contribution in [0.25, 0.3) is 0 Å². The molecule has 0 heterocycles. The maximum Gasteiger partial charge on any atom is 0.174 e. The van der Waals surface area contributed by atoms with E-state index >= 15 is 0 Å². The van der Waals surface area contributed by atoms with Gasteiger partial charge in [-0.15, -0.1) is 12.3 Å². The van der Waals surface area contributed by atoms with Crippen LogP contribution in [0, 0.1) is 18.3 Å². The Hall–Kier alpha value is -1.88. The van der Waals surface area contributed by atoms with Crippen LogP contribution in [0.15, 0.2) is 30.3 Å². The van der Waals surface area contributed by atoms with Gasteiger partial charge in [0.05, 0.1) is 5.92 Å². The van der Waals surface area contributed by atoms with E-state index in [0.29, 0.717) is 5.56 Å². The Morgan fingerprint density at radius 1 is 1.33 bits per heavy atom. The second-order valence-electron chi connectivity index (χ2n) is 3.30. The lowest BCUT2D eigenvalue weighted by molar-refractivity contribution is -0.119. The van der Waals surface area contributed by atoms with Crippen LogP contribution in [0.2, 0.25) is 0 Å². The van der Waals surface area contributed by atoms with E-state index in [9.17, 15) is 9.59 Å². The first-order valence-electron chi connectivity index (χ1n) is 4.70. The molecule has 76 valence electrons. The van der Waals surface area contributed by atoms with Crippen LogP contribution in [0.1, 0.15) is 23.7 Å². The normalized spacial score (nSPS) is 11.5. The van der Waals surface area contributed by atoms with Gasteiger partial charge < -0.3 is 0 Å². The van der Waals surface area contributed by atoms with Crippen LogP contribution in [0.4, 0.5) is 0 Å². The molecule has 0 aliphatic heterocycles. The molecule has 0 N–H and O–H groups in total. The van der Waals surface area contributed by atoms with Crippen LogP contribution in [0.3, 0.4) is 0 Å². The zero-order valence-corrected chi connectivity index (χ0v) is 8.57. The highest BCUT2D eigenvalue weighted by molar-refractivity contribution is 6.10. The number of ketones is 2. The number of Topliss-reactive ketones (excluding diaryl/α,β-unsaturated/α-hetero) is 2. The van der Waals surface area contributed by atoms with E-state index in [2.05, 4.69) is 5.92 Å². The van der Waals surface area contributed by atoms with Crippen molar-refractivity contribution < 1.29 is 9.59 Å². The number of benzene rings is 1. The van der Waals surface area contributed by atoms with Crippen molar-refractivity contribution in [1.82, 2.24) is 0 Å². The van der Waals surface area contributed by atoms with Crippen molar-refractivity contribution in [3.63, 3.8) is 0 Å². The molecule has 1 aromatic rings. The van der Waals surface area contributed by atoms with Gasteiger partial charge in [0, 0.05) is 12.0 Å². The Bertz CT molecular complexity index is 398. The summed E-state index contributed by atoms with van der Waals surface area (Å²) in [5, 5.41) is 0. The topological polar surface area (TPSA) is 34.1 Å². The van der Waals surface area contributed by atoms with Crippen molar-refractivity contribution >= 4 is 11.6 Å². The maximum atomic E-state index is 11.9. The van der Waals surface area contributed by atoms with Crippen molar-refractivity contribution in [3.8, 4) is 12.3 Å².